The average molecular weight is 413 g/mol. The molecule has 0 aliphatic heterocycles. The number of nitrogens with one attached hydrogen (secondary N) is 1. The molecule has 2 aromatic heterocycles. The van der Waals surface area contributed by atoms with E-state index in [2.05, 4.69) is 19.9 Å². The zero-order valence-corrected chi connectivity index (χ0v) is 17.4. The molecule has 0 saturated heterocycles. The van der Waals surface area contributed by atoms with E-state index in [4.69, 9.17) is 10.5 Å². The van der Waals surface area contributed by atoms with Crippen LogP contribution in [0.2, 0.25) is 0 Å². The third-order valence-corrected chi connectivity index (χ3v) is 4.93. The van der Waals surface area contributed by atoms with Gasteiger partial charge in [0.25, 0.3) is 0 Å². The summed E-state index contributed by atoms with van der Waals surface area (Å²) in [6, 6.07) is 12.0. The van der Waals surface area contributed by atoms with Crippen molar-refractivity contribution in [3.8, 4) is 16.9 Å². The predicted octanol–water partition coefficient (Wildman–Crippen LogP) is 3.89. The zero-order chi connectivity index (χ0) is 21.8. The molecule has 0 unspecified atom stereocenters. The molecule has 0 aliphatic rings. The van der Waals surface area contributed by atoms with E-state index in [0.29, 0.717) is 5.75 Å². The van der Waals surface area contributed by atoms with Crippen LogP contribution in [-0.2, 0) is 4.79 Å². The number of aryl methyl sites for hydroxylation is 2. The fourth-order valence-electron chi connectivity index (χ4n) is 3.43. The standard InChI is InChI=1S/C24H23N5O2/c1-15-7-19(20-11-28-24(25)29-12-20)8-16(2)23(15)31-14-21(30)13-26-10-17-3-4-18-5-6-27-22(18)9-17/h3-12,27H,13-14H2,1-2H3,(H2,25,28,29). The van der Waals surface area contributed by atoms with Crippen molar-refractivity contribution in [3.63, 3.8) is 0 Å². The average Bonchev–Trinajstić information content (AvgIpc) is 3.21. The van der Waals surface area contributed by atoms with Crippen LogP contribution in [0.15, 0.2) is 60.0 Å². The maximum absolute atomic E-state index is 12.2. The van der Waals surface area contributed by atoms with E-state index in [1.54, 1.807) is 18.6 Å². The van der Waals surface area contributed by atoms with Crippen LogP contribution in [0.4, 0.5) is 5.95 Å². The van der Waals surface area contributed by atoms with Crippen molar-refractivity contribution in [2.75, 3.05) is 18.9 Å². The van der Waals surface area contributed by atoms with E-state index in [1.807, 2.05) is 56.4 Å². The van der Waals surface area contributed by atoms with E-state index in [9.17, 15) is 4.79 Å². The van der Waals surface area contributed by atoms with Gasteiger partial charge in [-0.3, -0.25) is 9.79 Å². The number of hydrogen-bond acceptors (Lipinski definition) is 6. The minimum absolute atomic E-state index is 0.0288. The lowest BCUT2D eigenvalue weighted by Crippen LogP contribution is -2.15. The Labute approximate surface area is 180 Å². The van der Waals surface area contributed by atoms with Crippen LogP contribution >= 0.6 is 0 Å². The number of aromatic amines is 1. The topological polar surface area (TPSA) is 106 Å². The van der Waals surface area contributed by atoms with Gasteiger partial charge in [-0.1, -0.05) is 12.1 Å². The fourth-order valence-corrected chi connectivity index (χ4v) is 3.43. The molecule has 0 fully saturated rings. The largest absolute Gasteiger partial charge is 0.485 e. The molecule has 3 N–H and O–H groups in total. The number of benzene rings is 2. The van der Waals surface area contributed by atoms with Gasteiger partial charge < -0.3 is 15.5 Å². The van der Waals surface area contributed by atoms with Crippen molar-refractivity contribution in [2.45, 2.75) is 13.8 Å². The van der Waals surface area contributed by atoms with Gasteiger partial charge in [0.15, 0.2) is 5.78 Å². The Bertz CT molecular complexity index is 1240. The molecule has 0 spiro atoms. The highest BCUT2D eigenvalue weighted by atomic mass is 16.5. The Morgan fingerprint density at radius 1 is 1.10 bits per heavy atom. The maximum Gasteiger partial charge on any atom is 0.219 e. The molecule has 4 rings (SSSR count). The number of nitrogens with two attached hydrogens (primary N) is 1. The summed E-state index contributed by atoms with van der Waals surface area (Å²) in [5, 5.41) is 1.14. The number of ether oxygens (including phenoxy) is 1. The molecule has 7 nitrogen and oxygen atoms in total. The monoisotopic (exact) mass is 413 g/mol. The first-order valence-electron chi connectivity index (χ1n) is 9.90. The molecule has 2 heterocycles. The molecule has 0 aliphatic carbocycles. The summed E-state index contributed by atoms with van der Waals surface area (Å²) in [4.78, 5) is 27.7. The van der Waals surface area contributed by atoms with Crippen LogP contribution < -0.4 is 10.5 Å². The van der Waals surface area contributed by atoms with E-state index in [-0.39, 0.29) is 24.9 Å². The number of fused-ring (bicyclic) bond motifs is 1. The molecule has 0 atom stereocenters. The van der Waals surface area contributed by atoms with Gasteiger partial charge in [0.05, 0.1) is 0 Å². The number of ketones is 1. The van der Waals surface area contributed by atoms with E-state index in [0.717, 1.165) is 38.7 Å². The van der Waals surface area contributed by atoms with Crippen LogP contribution in [0.1, 0.15) is 16.7 Å². The zero-order valence-electron chi connectivity index (χ0n) is 17.4. The van der Waals surface area contributed by atoms with Crippen molar-refractivity contribution < 1.29 is 9.53 Å². The van der Waals surface area contributed by atoms with Gasteiger partial charge in [-0.05, 0) is 65.8 Å². The number of carbonyl (C=O) groups is 1. The number of nitrogen functional groups attached to an aromatic ring is 1. The Kier molecular flexibility index (Phi) is 5.75. The molecular weight excluding hydrogens is 390 g/mol. The molecule has 0 bridgehead atoms. The Morgan fingerprint density at radius 2 is 1.84 bits per heavy atom. The Balaban J connectivity index is 1.36. The molecule has 0 radical (unpaired) electrons. The number of aromatic nitrogens is 3. The normalized spacial score (nSPS) is 11.3. The summed E-state index contributed by atoms with van der Waals surface area (Å²) < 4.78 is 5.81. The fraction of sp³-hybridized carbons (Fsp3) is 0.167. The second kappa shape index (κ2) is 8.79. The Hall–Kier alpha value is -4.00. The molecule has 0 amide bonds. The molecule has 156 valence electrons. The van der Waals surface area contributed by atoms with Gasteiger partial charge >= 0.3 is 0 Å². The summed E-state index contributed by atoms with van der Waals surface area (Å²) in [7, 11) is 0. The molecule has 7 heteroatoms. The highest BCUT2D eigenvalue weighted by molar-refractivity contribution is 5.90. The molecular formula is C24H23N5O2. The second-order valence-corrected chi connectivity index (χ2v) is 7.39. The summed E-state index contributed by atoms with van der Waals surface area (Å²) in [5.41, 5.74) is 11.2. The lowest BCUT2D eigenvalue weighted by Gasteiger charge is -2.13. The van der Waals surface area contributed by atoms with E-state index >= 15 is 0 Å². The number of rotatable bonds is 7. The number of nitrogens with zero attached hydrogens (tertiary/aromatic N) is 3. The lowest BCUT2D eigenvalue weighted by molar-refractivity contribution is -0.119. The van der Waals surface area contributed by atoms with Crippen LogP contribution in [0, 0.1) is 13.8 Å². The van der Waals surface area contributed by atoms with E-state index < -0.39 is 0 Å². The van der Waals surface area contributed by atoms with Crippen molar-refractivity contribution in [2.24, 2.45) is 4.99 Å². The molecule has 2 aromatic carbocycles. The van der Waals surface area contributed by atoms with Gasteiger partial charge in [0.2, 0.25) is 5.95 Å². The van der Waals surface area contributed by atoms with Crippen molar-refractivity contribution in [1.82, 2.24) is 15.0 Å². The maximum atomic E-state index is 12.2. The number of hydrogen-bond donors (Lipinski definition) is 2. The van der Waals surface area contributed by atoms with Crippen LogP contribution in [0.25, 0.3) is 22.0 Å². The minimum atomic E-state index is -0.0907. The first-order valence-corrected chi connectivity index (χ1v) is 9.90. The van der Waals surface area contributed by atoms with Gasteiger partial charge in [0.1, 0.15) is 18.9 Å². The minimum Gasteiger partial charge on any atom is -0.485 e. The van der Waals surface area contributed by atoms with Gasteiger partial charge in [-0.25, -0.2) is 9.97 Å². The number of anilines is 1. The first-order chi connectivity index (χ1) is 15.0. The van der Waals surface area contributed by atoms with Crippen molar-refractivity contribution >= 4 is 28.8 Å². The van der Waals surface area contributed by atoms with Crippen LogP contribution in [0.5, 0.6) is 5.75 Å². The van der Waals surface area contributed by atoms with Crippen LogP contribution in [-0.4, -0.2) is 40.1 Å². The van der Waals surface area contributed by atoms with Crippen molar-refractivity contribution in [1.29, 1.82) is 0 Å². The number of aliphatic imine (C=N–C) groups is 1. The molecule has 31 heavy (non-hydrogen) atoms. The molecule has 4 aromatic rings. The van der Waals surface area contributed by atoms with E-state index in [1.165, 1.54) is 0 Å². The Morgan fingerprint density at radius 3 is 2.58 bits per heavy atom. The summed E-state index contributed by atoms with van der Waals surface area (Å²) in [6.07, 6.45) is 6.98. The van der Waals surface area contributed by atoms with Crippen LogP contribution in [0.3, 0.4) is 0 Å². The predicted molar refractivity (Wildman–Crippen MR) is 123 cm³/mol. The highest BCUT2D eigenvalue weighted by Crippen LogP contribution is 2.29. The highest BCUT2D eigenvalue weighted by Gasteiger charge is 2.10. The van der Waals surface area contributed by atoms with Gasteiger partial charge in [-0.2, -0.15) is 0 Å². The lowest BCUT2D eigenvalue weighted by atomic mass is 10.0. The number of Topliss-reactive ketones (excluding diaryl/α,β-unsaturated/α-hetero) is 1. The smallest absolute Gasteiger partial charge is 0.219 e. The van der Waals surface area contributed by atoms with Crippen molar-refractivity contribution in [3.05, 3.63) is 71.7 Å². The number of H-pyrrole nitrogens is 1. The molecule has 0 saturated carbocycles. The third kappa shape index (κ3) is 4.78. The summed E-state index contributed by atoms with van der Waals surface area (Å²) in [5.74, 6) is 0.852. The third-order valence-electron chi connectivity index (χ3n) is 4.93. The summed E-state index contributed by atoms with van der Waals surface area (Å²) in [6.45, 7) is 3.94. The summed E-state index contributed by atoms with van der Waals surface area (Å²) >= 11 is 0. The first kappa shape index (κ1) is 20.3. The second-order valence-electron chi connectivity index (χ2n) is 7.39. The van der Waals surface area contributed by atoms with Gasteiger partial charge in [-0.15, -0.1) is 0 Å². The SMILES string of the molecule is Cc1cc(-c2cnc(N)nc2)cc(C)c1OCC(=O)CN=Cc1ccc2cc[nH]c2c1. The quantitative estimate of drug-likeness (QED) is 0.447. The van der Waals surface area contributed by atoms with Gasteiger partial charge in [0, 0.05) is 35.9 Å². The number of carbonyl (C=O) groups excluding carboxylic acids is 1.